The van der Waals surface area contributed by atoms with E-state index < -0.39 is 0 Å². The highest BCUT2D eigenvalue weighted by Gasteiger charge is 2.28. The van der Waals surface area contributed by atoms with Gasteiger partial charge in [-0.05, 0) is 32.8 Å². The minimum atomic E-state index is -0.177. The van der Waals surface area contributed by atoms with Gasteiger partial charge in [0.25, 0.3) is 0 Å². The number of nitrogens with one attached hydrogen (secondary N) is 2. The van der Waals surface area contributed by atoms with Crippen molar-refractivity contribution in [3.05, 3.63) is 35.9 Å². The third-order valence-corrected chi connectivity index (χ3v) is 5.38. The van der Waals surface area contributed by atoms with Crippen molar-refractivity contribution in [2.75, 3.05) is 32.7 Å². The van der Waals surface area contributed by atoms with Gasteiger partial charge in [-0.3, -0.25) is 19.4 Å². The van der Waals surface area contributed by atoms with Crippen LogP contribution in [0.3, 0.4) is 0 Å². The second kappa shape index (κ2) is 9.85. The molecule has 0 saturated carbocycles. The molecule has 27 heavy (non-hydrogen) atoms. The van der Waals surface area contributed by atoms with Crippen molar-refractivity contribution in [3.63, 3.8) is 0 Å². The maximum absolute atomic E-state index is 12.5. The number of hydrogen-bond acceptors (Lipinski definition) is 4. The lowest BCUT2D eigenvalue weighted by Gasteiger charge is -2.38. The first-order chi connectivity index (χ1) is 12.8. The highest BCUT2D eigenvalue weighted by Crippen LogP contribution is 2.11. The van der Waals surface area contributed by atoms with Crippen molar-refractivity contribution in [1.29, 1.82) is 0 Å². The molecule has 6 nitrogen and oxygen atoms in total. The Morgan fingerprint density at radius 2 is 1.74 bits per heavy atom. The van der Waals surface area contributed by atoms with E-state index in [1.807, 2.05) is 51.1 Å². The molecule has 0 aromatic heterocycles. The summed E-state index contributed by atoms with van der Waals surface area (Å²) < 4.78 is 0. The Morgan fingerprint density at radius 1 is 1.11 bits per heavy atom. The third-order valence-electron chi connectivity index (χ3n) is 5.38. The normalized spacial score (nSPS) is 17.3. The molecule has 0 radical (unpaired) electrons. The smallest absolute Gasteiger partial charge is 0.237 e. The molecule has 1 aromatic rings. The molecule has 2 rings (SSSR count). The Morgan fingerprint density at radius 3 is 2.33 bits per heavy atom. The molecule has 1 atom stereocenters. The van der Waals surface area contributed by atoms with Crippen molar-refractivity contribution < 1.29 is 9.59 Å². The summed E-state index contributed by atoms with van der Waals surface area (Å²) in [5.41, 5.74) is 0.926. The number of carbonyl (C=O) groups is 2. The molecule has 0 aliphatic carbocycles. The van der Waals surface area contributed by atoms with Crippen molar-refractivity contribution in [3.8, 4) is 0 Å². The van der Waals surface area contributed by atoms with Crippen LogP contribution in [0.2, 0.25) is 0 Å². The van der Waals surface area contributed by atoms with E-state index >= 15 is 0 Å². The van der Waals surface area contributed by atoms with E-state index in [9.17, 15) is 9.59 Å². The van der Waals surface area contributed by atoms with E-state index in [2.05, 4.69) is 27.4 Å². The van der Waals surface area contributed by atoms with Gasteiger partial charge in [0.1, 0.15) is 0 Å². The fourth-order valence-corrected chi connectivity index (χ4v) is 3.06. The van der Waals surface area contributed by atoms with Crippen LogP contribution in [0.4, 0.5) is 0 Å². The van der Waals surface area contributed by atoms with E-state index in [-0.39, 0.29) is 23.4 Å². The molecular formula is C21H34N4O2. The van der Waals surface area contributed by atoms with Crippen LogP contribution < -0.4 is 10.6 Å². The van der Waals surface area contributed by atoms with Crippen LogP contribution in [-0.4, -0.2) is 65.9 Å². The van der Waals surface area contributed by atoms with E-state index in [0.717, 1.165) is 38.2 Å². The number of piperazine rings is 1. The molecule has 1 aromatic carbocycles. The van der Waals surface area contributed by atoms with Crippen LogP contribution >= 0.6 is 0 Å². The predicted molar refractivity (Wildman–Crippen MR) is 108 cm³/mol. The van der Waals surface area contributed by atoms with Gasteiger partial charge in [-0.15, -0.1) is 0 Å². The Kier molecular flexibility index (Phi) is 7.80. The fraction of sp³-hybridized carbons (Fsp3) is 0.619. The van der Waals surface area contributed by atoms with Gasteiger partial charge >= 0.3 is 0 Å². The Hall–Kier alpha value is -1.92. The minimum absolute atomic E-state index is 0.0442. The minimum Gasteiger partial charge on any atom is -0.351 e. The van der Waals surface area contributed by atoms with Crippen LogP contribution in [0.5, 0.6) is 0 Å². The maximum Gasteiger partial charge on any atom is 0.237 e. The topological polar surface area (TPSA) is 64.7 Å². The highest BCUT2D eigenvalue weighted by molar-refractivity contribution is 5.82. The molecule has 1 fully saturated rings. The summed E-state index contributed by atoms with van der Waals surface area (Å²) in [6.07, 6.45) is 0.900. The molecule has 1 aliphatic heterocycles. The Labute approximate surface area is 163 Å². The zero-order chi connectivity index (χ0) is 19.9. The zero-order valence-electron chi connectivity index (χ0n) is 17.1. The van der Waals surface area contributed by atoms with Crippen LogP contribution in [0.1, 0.15) is 39.7 Å². The predicted octanol–water partition coefficient (Wildman–Crippen LogP) is 1.61. The first-order valence-electron chi connectivity index (χ1n) is 9.90. The first-order valence-corrected chi connectivity index (χ1v) is 9.90. The van der Waals surface area contributed by atoms with Gasteiger partial charge < -0.3 is 10.6 Å². The number of rotatable bonds is 8. The van der Waals surface area contributed by atoms with Gasteiger partial charge in [0.05, 0.1) is 12.6 Å². The third kappa shape index (κ3) is 6.96. The van der Waals surface area contributed by atoms with Crippen LogP contribution in [0, 0.1) is 0 Å². The molecule has 0 spiro atoms. The molecule has 6 heteroatoms. The van der Waals surface area contributed by atoms with Crippen molar-refractivity contribution >= 4 is 11.8 Å². The average molecular weight is 375 g/mol. The van der Waals surface area contributed by atoms with Gasteiger partial charge in [0, 0.05) is 38.3 Å². The summed E-state index contributed by atoms with van der Waals surface area (Å²) >= 11 is 0. The monoisotopic (exact) mass is 374 g/mol. The molecular weight excluding hydrogens is 340 g/mol. The first kappa shape index (κ1) is 21.4. The summed E-state index contributed by atoms with van der Waals surface area (Å²) in [7, 11) is 0. The molecule has 150 valence electrons. The summed E-state index contributed by atoms with van der Waals surface area (Å²) in [5.74, 6) is 0.124. The van der Waals surface area contributed by atoms with Crippen LogP contribution in [0.25, 0.3) is 0 Å². The summed E-state index contributed by atoms with van der Waals surface area (Å²) in [5, 5.41) is 6.09. The zero-order valence-corrected chi connectivity index (χ0v) is 17.1. The van der Waals surface area contributed by atoms with Crippen molar-refractivity contribution in [1.82, 2.24) is 20.4 Å². The molecule has 2 N–H and O–H groups in total. The summed E-state index contributed by atoms with van der Waals surface area (Å²) in [6, 6.07) is 9.77. The molecule has 1 saturated heterocycles. The Balaban J connectivity index is 1.71. The van der Waals surface area contributed by atoms with Gasteiger partial charge in [-0.25, -0.2) is 0 Å². The second-order valence-corrected chi connectivity index (χ2v) is 7.98. The molecule has 1 unspecified atom stereocenters. The average Bonchev–Trinajstić information content (AvgIpc) is 2.67. The van der Waals surface area contributed by atoms with Gasteiger partial charge in [-0.1, -0.05) is 37.3 Å². The lowest BCUT2D eigenvalue weighted by atomic mass is 10.0. The van der Waals surface area contributed by atoms with Gasteiger partial charge in [0.2, 0.25) is 11.8 Å². The number of nitrogens with zero attached hydrogens (tertiary/aromatic N) is 2. The summed E-state index contributed by atoms with van der Waals surface area (Å²) in [6.45, 7) is 12.3. The quantitative estimate of drug-likeness (QED) is 0.726. The van der Waals surface area contributed by atoms with Crippen LogP contribution in [-0.2, 0) is 16.1 Å². The molecule has 2 amide bonds. The standard InChI is InChI=1S/C21H34N4O2/c1-5-21(3,4)23-20(27)17(2)25-13-11-24(12-14-25)16-19(26)22-15-18-9-7-6-8-10-18/h6-10,17H,5,11-16H2,1-4H3,(H,22,26)(H,23,27). The van der Waals surface area contributed by atoms with Crippen molar-refractivity contribution in [2.24, 2.45) is 0 Å². The van der Waals surface area contributed by atoms with E-state index in [1.165, 1.54) is 0 Å². The number of benzene rings is 1. The molecule has 0 bridgehead atoms. The van der Waals surface area contributed by atoms with E-state index in [4.69, 9.17) is 0 Å². The number of hydrogen-bond donors (Lipinski definition) is 2. The lowest BCUT2D eigenvalue weighted by molar-refractivity contribution is -0.129. The summed E-state index contributed by atoms with van der Waals surface area (Å²) in [4.78, 5) is 29.0. The highest BCUT2D eigenvalue weighted by atomic mass is 16.2. The SMILES string of the molecule is CCC(C)(C)NC(=O)C(C)N1CCN(CC(=O)NCc2ccccc2)CC1. The largest absolute Gasteiger partial charge is 0.351 e. The van der Waals surface area contributed by atoms with Gasteiger partial charge in [0.15, 0.2) is 0 Å². The Bertz CT molecular complexity index is 610. The number of amides is 2. The fourth-order valence-electron chi connectivity index (χ4n) is 3.06. The lowest BCUT2D eigenvalue weighted by Crippen LogP contribution is -2.57. The second-order valence-electron chi connectivity index (χ2n) is 7.98. The van der Waals surface area contributed by atoms with Crippen LogP contribution in [0.15, 0.2) is 30.3 Å². The van der Waals surface area contributed by atoms with E-state index in [1.54, 1.807) is 0 Å². The number of carbonyl (C=O) groups excluding carboxylic acids is 2. The maximum atomic E-state index is 12.5. The van der Waals surface area contributed by atoms with Crippen molar-refractivity contribution in [2.45, 2.75) is 52.2 Å². The molecule has 1 aliphatic rings. The molecule has 1 heterocycles. The van der Waals surface area contributed by atoms with E-state index in [0.29, 0.717) is 13.1 Å². The van der Waals surface area contributed by atoms with Gasteiger partial charge in [-0.2, -0.15) is 0 Å².